The highest BCUT2D eigenvalue weighted by atomic mass is 16.2. The molecule has 0 fully saturated rings. The number of rotatable bonds is 6. The van der Waals surface area contributed by atoms with Crippen LogP contribution in [0.25, 0.3) is 0 Å². The van der Waals surface area contributed by atoms with E-state index in [9.17, 15) is 14.4 Å². The van der Waals surface area contributed by atoms with Gasteiger partial charge in [-0.3, -0.25) is 19.3 Å². The van der Waals surface area contributed by atoms with Gasteiger partial charge in [0.05, 0.1) is 11.1 Å². The van der Waals surface area contributed by atoms with E-state index in [1.165, 1.54) is 11.8 Å². The van der Waals surface area contributed by atoms with Gasteiger partial charge in [0.25, 0.3) is 11.8 Å². The molecule has 5 nitrogen and oxygen atoms in total. The van der Waals surface area contributed by atoms with Gasteiger partial charge in [-0.05, 0) is 18.6 Å². The lowest BCUT2D eigenvalue weighted by molar-refractivity contribution is -0.128. The first-order valence-electron chi connectivity index (χ1n) is 6.88. The number of carbonyl (C=O) groups is 3. The molecule has 0 saturated heterocycles. The second-order valence-corrected chi connectivity index (χ2v) is 4.91. The molecule has 2 rings (SSSR count). The number of imide groups is 1. The van der Waals surface area contributed by atoms with Gasteiger partial charge in [0, 0.05) is 26.6 Å². The molecule has 1 aromatic rings. The van der Waals surface area contributed by atoms with E-state index in [2.05, 4.69) is 6.58 Å². The summed E-state index contributed by atoms with van der Waals surface area (Å²) in [5.41, 5.74) is 0.911. The minimum Gasteiger partial charge on any atom is -0.339 e. The normalized spacial score (nSPS) is 13.3. The molecule has 0 aromatic heterocycles. The molecule has 0 spiro atoms. The maximum atomic E-state index is 12.2. The second kappa shape index (κ2) is 6.35. The van der Waals surface area contributed by atoms with Crippen molar-refractivity contribution in [1.82, 2.24) is 9.80 Å². The lowest BCUT2D eigenvalue weighted by Crippen LogP contribution is -2.35. The van der Waals surface area contributed by atoms with Crippen LogP contribution in [0.5, 0.6) is 0 Å². The lowest BCUT2D eigenvalue weighted by atomic mass is 10.1. The fourth-order valence-electron chi connectivity index (χ4n) is 2.40. The fraction of sp³-hybridized carbons (Fsp3) is 0.312. The van der Waals surface area contributed by atoms with Gasteiger partial charge in [0.1, 0.15) is 0 Å². The van der Waals surface area contributed by atoms with Crippen LogP contribution in [-0.4, -0.2) is 47.2 Å². The summed E-state index contributed by atoms with van der Waals surface area (Å²) in [5, 5.41) is 0. The van der Waals surface area contributed by atoms with E-state index in [0.29, 0.717) is 37.2 Å². The Morgan fingerprint density at radius 3 is 2.29 bits per heavy atom. The highest BCUT2D eigenvalue weighted by Gasteiger charge is 2.34. The SMILES string of the molecule is C=CCN(CCCN1C(=O)c2ccccc2C1=O)C(C)=O. The Morgan fingerprint density at radius 1 is 1.24 bits per heavy atom. The van der Waals surface area contributed by atoms with Crippen LogP contribution in [0.4, 0.5) is 0 Å². The van der Waals surface area contributed by atoms with Crippen molar-refractivity contribution >= 4 is 17.7 Å². The van der Waals surface area contributed by atoms with Gasteiger partial charge in [-0.2, -0.15) is 0 Å². The molecular formula is C16H18N2O3. The van der Waals surface area contributed by atoms with Gasteiger partial charge in [0.15, 0.2) is 0 Å². The van der Waals surface area contributed by atoms with Crippen LogP contribution < -0.4 is 0 Å². The number of nitrogens with zero attached hydrogens (tertiary/aromatic N) is 2. The summed E-state index contributed by atoms with van der Waals surface area (Å²) < 4.78 is 0. The van der Waals surface area contributed by atoms with Crippen LogP contribution in [-0.2, 0) is 4.79 Å². The molecule has 110 valence electrons. The van der Waals surface area contributed by atoms with E-state index in [4.69, 9.17) is 0 Å². The Balaban J connectivity index is 1.96. The number of fused-ring (bicyclic) bond motifs is 1. The molecule has 0 saturated carbocycles. The van der Waals surface area contributed by atoms with Gasteiger partial charge in [0.2, 0.25) is 5.91 Å². The summed E-state index contributed by atoms with van der Waals surface area (Å²) in [6.07, 6.45) is 2.21. The van der Waals surface area contributed by atoms with Crippen molar-refractivity contribution in [3.63, 3.8) is 0 Å². The van der Waals surface area contributed by atoms with Gasteiger partial charge < -0.3 is 4.90 Å². The molecule has 0 bridgehead atoms. The fourth-order valence-corrected chi connectivity index (χ4v) is 2.40. The van der Waals surface area contributed by atoms with Crippen LogP contribution >= 0.6 is 0 Å². The summed E-state index contributed by atoms with van der Waals surface area (Å²) in [7, 11) is 0. The van der Waals surface area contributed by atoms with Crippen molar-refractivity contribution in [3.8, 4) is 0 Å². The minimum atomic E-state index is -0.256. The molecule has 3 amide bonds. The number of carbonyl (C=O) groups excluding carboxylic acids is 3. The summed E-state index contributed by atoms with van der Waals surface area (Å²) in [6, 6.07) is 6.81. The smallest absolute Gasteiger partial charge is 0.261 e. The molecule has 0 atom stereocenters. The van der Waals surface area contributed by atoms with E-state index in [1.54, 1.807) is 35.2 Å². The first-order chi connectivity index (χ1) is 10.1. The van der Waals surface area contributed by atoms with Crippen molar-refractivity contribution in [1.29, 1.82) is 0 Å². The Hall–Kier alpha value is -2.43. The first kappa shape index (κ1) is 15.0. The molecule has 21 heavy (non-hydrogen) atoms. The van der Waals surface area contributed by atoms with Crippen LogP contribution in [0.1, 0.15) is 34.1 Å². The molecule has 0 unspecified atom stereocenters. The Morgan fingerprint density at radius 2 is 1.81 bits per heavy atom. The molecule has 0 aliphatic carbocycles. The zero-order chi connectivity index (χ0) is 15.4. The van der Waals surface area contributed by atoms with Crippen LogP contribution in [0.3, 0.4) is 0 Å². The maximum Gasteiger partial charge on any atom is 0.261 e. The zero-order valence-electron chi connectivity index (χ0n) is 12.0. The van der Waals surface area contributed by atoms with Gasteiger partial charge in [-0.1, -0.05) is 18.2 Å². The van der Waals surface area contributed by atoms with Crippen LogP contribution in [0, 0.1) is 0 Å². The highest BCUT2D eigenvalue weighted by Crippen LogP contribution is 2.22. The van der Waals surface area contributed by atoms with E-state index in [-0.39, 0.29) is 17.7 Å². The van der Waals surface area contributed by atoms with Crippen molar-refractivity contribution in [2.45, 2.75) is 13.3 Å². The number of benzene rings is 1. The minimum absolute atomic E-state index is 0.0442. The third-order valence-corrected chi connectivity index (χ3v) is 3.48. The van der Waals surface area contributed by atoms with Gasteiger partial charge >= 0.3 is 0 Å². The second-order valence-electron chi connectivity index (χ2n) is 4.91. The Kier molecular flexibility index (Phi) is 4.52. The Labute approximate surface area is 123 Å². The first-order valence-corrected chi connectivity index (χ1v) is 6.88. The van der Waals surface area contributed by atoms with E-state index in [1.807, 2.05) is 0 Å². The number of hydrogen-bond donors (Lipinski definition) is 0. The molecule has 1 aliphatic heterocycles. The highest BCUT2D eigenvalue weighted by molar-refractivity contribution is 6.21. The maximum absolute atomic E-state index is 12.2. The number of amides is 3. The number of hydrogen-bond acceptors (Lipinski definition) is 3. The third kappa shape index (κ3) is 3.02. The standard InChI is InChI=1S/C16H18N2O3/c1-3-9-17(12(2)19)10-6-11-18-15(20)13-7-4-5-8-14(13)16(18)21/h3-5,7-8H,1,6,9-11H2,2H3. The summed E-state index contributed by atoms with van der Waals surface area (Å²) in [6.45, 7) is 6.38. The predicted molar refractivity (Wildman–Crippen MR) is 78.9 cm³/mol. The van der Waals surface area contributed by atoms with Crippen molar-refractivity contribution in [2.75, 3.05) is 19.6 Å². The average Bonchev–Trinajstić information content (AvgIpc) is 2.71. The molecule has 5 heteroatoms. The summed E-state index contributed by atoms with van der Waals surface area (Å²) >= 11 is 0. The van der Waals surface area contributed by atoms with E-state index in [0.717, 1.165) is 0 Å². The Bertz CT molecular complexity index is 560. The predicted octanol–water partition coefficient (Wildman–Crippen LogP) is 1.71. The van der Waals surface area contributed by atoms with E-state index >= 15 is 0 Å². The molecule has 0 radical (unpaired) electrons. The topological polar surface area (TPSA) is 57.7 Å². The van der Waals surface area contributed by atoms with Crippen molar-refractivity contribution in [3.05, 3.63) is 48.0 Å². The third-order valence-electron chi connectivity index (χ3n) is 3.48. The van der Waals surface area contributed by atoms with Gasteiger partial charge in [-0.15, -0.1) is 6.58 Å². The van der Waals surface area contributed by atoms with Gasteiger partial charge in [-0.25, -0.2) is 0 Å². The van der Waals surface area contributed by atoms with Crippen LogP contribution in [0.15, 0.2) is 36.9 Å². The molecule has 0 N–H and O–H groups in total. The average molecular weight is 286 g/mol. The summed E-state index contributed by atoms with van der Waals surface area (Å²) in [4.78, 5) is 38.6. The van der Waals surface area contributed by atoms with Crippen molar-refractivity contribution in [2.24, 2.45) is 0 Å². The monoisotopic (exact) mass is 286 g/mol. The summed E-state index contributed by atoms with van der Waals surface area (Å²) in [5.74, 6) is -0.556. The molecule has 1 aromatic carbocycles. The van der Waals surface area contributed by atoms with E-state index < -0.39 is 0 Å². The quantitative estimate of drug-likeness (QED) is 0.591. The van der Waals surface area contributed by atoms with Crippen LogP contribution in [0.2, 0.25) is 0 Å². The molecular weight excluding hydrogens is 268 g/mol. The molecule has 1 heterocycles. The molecule has 1 aliphatic rings. The van der Waals surface area contributed by atoms with Crippen molar-refractivity contribution < 1.29 is 14.4 Å². The largest absolute Gasteiger partial charge is 0.339 e. The lowest BCUT2D eigenvalue weighted by Gasteiger charge is -2.21. The zero-order valence-corrected chi connectivity index (χ0v) is 12.0.